The molecule has 2 atom stereocenters. The molecule has 8 heavy (non-hydrogen) atoms. The predicted molar refractivity (Wildman–Crippen MR) is 41.2 cm³/mol. The van der Waals surface area contributed by atoms with Gasteiger partial charge in [-0.2, -0.15) is 0 Å². The molecule has 1 rings (SSSR count). The van der Waals surface area contributed by atoms with Crippen LogP contribution in [0, 0.1) is 0 Å². The molecule has 1 heteroatoms. The minimum Gasteiger partial charge on any atom is -0.0654 e. The van der Waals surface area contributed by atoms with E-state index in [1.807, 2.05) is 0 Å². The third-order valence-electron chi connectivity index (χ3n) is 2.49. The van der Waals surface area contributed by atoms with E-state index in [0.717, 1.165) is 0 Å². The summed E-state index contributed by atoms with van der Waals surface area (Å²) < 4.78 is 0. The summed E-state index contributed by atoms with van der Waals surface area (Å²) >= 11 is 0. The molecule has 0 aliphatic carbocycles. The summed E-state index contributed by atoms with van der Waals surface area (Å²) in [6, 6.07) is 0. The second-order valence-corrected chi connectivity index (χ2v) is 5.80. The summed E-state index contributed by atoms with van der Waals surface area (Å²) in [4.78, 5) is 0. The number of hydrogen-bond donors (Lipinski definition) is 0. The second kappa shape index (κ2) is 2.67. The average molecular weight is 128 g/mol. The van der Waals surface area contributed by atoms with Gasteiger partial charge in [0.05, 0.1) is 0 Å². The molecule has 1 fully saturated rings. The van der Waals surface area contributed by atoms with Crippen LogP contribution >= 0.6 is 0 Å². The Morgan fingerprint density at radius 3 is 1.88 bits per heavy atom. The van der Waals surface area contributed by atoms with Gasteiger partial charge in [0.15, 0.2) is 0 Å². The van der Waals surface area contributed by atoms with Crippen LogP contribution in [-0.2, 0) is 0 Å². The minimum atomic E-state index is 0.433. The van der Waals surface area contributed by atoms with Gasteiger partial charge in [-0.1, -0.05) is 44.2 Å². The summed E-state index contributed by atoms with van der Waals surface area (Å²) in [6.45, 7) is 4.67. The molecular formula is C7H16Si. The van der Waals surface area contributed by atoms with Gasteiger partial charge in [0.2, 0.25) is 0 Å². The monoisotopic (exact) mass is 128 g/mol. The third kappa shape index (κ3) is 1.13. The number of hydrogen-bond acceptors (Lipinski definition) is 0. The van der Waals surface area contributed by atoms with Gasteiger partial charge in [-0.15, -0.1) is 0 Å². The van der Waals surface area contributed by atoms with Crippen molar-refractivity contribution in [2.75, 3.05) is 0 Å². The molecule has 0 bridgehead atoms. The minimum absolute atomic E-state index is 0.433. The first-order chi connectivity index (χ1) is 3.86. The lowest BCUT2D eigenvalue weighted by molar-refractivity contribution is 0.569. The molecule has 0 saturated carbocycles. The zero-order valence-corrected chi connectivity index (χ0v) is 7.40. The molecule has 0 aromatic heterocycles. The van der Waals surface area contributed by atoms with Crippen molar-refractivity contribution in [1.82, 2.24) is 0 Å². The third-order valence-corrected chi connectivity index (χ3v) is 5.64. The molecule has 1 aliphatic rings. The molecular weight excluding hydrogens is 112 g/mol. The molecule has 0 spiro atoms. The van der Waals surface area contributed by atoms with E-state index < -0.39 is 0 Å². The maximum Gasteiger partial charge on any atom is 0.0264 e. The first-order valence-electron chi connectivity index (χ1n) is 3.86. The highest BCUT2D eigenvalue weighted by Gasteiger charge is 2.25. The molecule has 0 N–H and O–H groups in total. The molecule has 0 radical (unpaired) electrons. The maximum atomic E-state index is 2.34. The van der Waals surface area contributed by atoms with Gasteiger partial charge < -0.3 is 0 Å². The molecule has 0 aromatic rings. The van der Waals surface area contributed by atoms with E-state index in [4.69, 9.17) is 0 Å². The number of rotatable bonds is 2. The van der Waals surface area contributed by atoms with Gasteiger partial charge in [-0.05, 0) is 0 Å². The van der Waals surface area contributed by atoms with Gasteiger partial charge in [-0.3, -0.25) is 0 Å². The Labute approximate surface area is 54.5 Å². The van der Waals surface area contributed by atoms with Gasteiger partial charge in [0, 0.05) is 9.52 Å². The van der Waals surface area contributed by atoms with Crippen LogP contribution in [0.25, 0.3) is 0 Å². The first kappa shape index (κ1) is 6.34. The van der Waals surface area contributed by atoms with E-state index in [-0.39, 0.29) is 0 Å². The lowest BCUT2D eigenvalue weighted by Gasteiger charge is -2.33. The SMILES string of the molecule is CCC1CC(CC)[SiH2]1. The van der Waals surface area contributed by atoms with Crippen LogP contribution < -0.4 is 0 Å². The standard InChI is InChI=1S/C7H16Si/c1-3-6-5-7(4-2)8-6/h6-7H,3-5,8H2,1-2H3. The molecule has 0 amide bonds. The molecule has 1 aliphatic heterocycles. The van der Waals surface area contributed by atoms with Crippen molar-refractivity contribution in [3.05, 3.63) is 0 Å². The first-order valence-corrected chi connectivity index (χ1v) is 5.50. The van der Waals surface area contributed by atoms with Crippen LogP contribution in [0.4, 0.5) is 0 Å². The highest BCUT2D eigenvalue weighted by Crippen LogP contribution is 2.39. The predicted octanol–water partition coefficient (Wildman–Crippen LogP) is 1.96. The fourth-order valence-electron chi connectivity index (χ4n) is 1.54. The summed E-state index contributed by atoms with van der Waals surface area (Å²) in [5, 5.41) is 0. The van der Waals surface area contributed by atoms with E-state index >= 15 is 0 Å². The van der Waals surface area contributed by atoms with Crippen molar-refractivity contribution in [3.63, 3.8) is 0 Å². The highest BCUT2D eigenvalue weighted by atomic mass is 28.2. The van der Waals surface area contributed by atoms with E-state index in [1.165, 1.54) is 23.9 Å². The van der Waals surface area contributed by atoms with Gasteiger partial charge >= 0.3 is 0 Å². The Balaban J connectivity index is 2.03. The van der Waals surface area contributed by atoms with Crippen LogP contribution in [0.1, 0.15) is 33.1 Å². The van der Waals surface area contributed by atoms with Gasteiger partial charge in [0.1, 0.15) is 0 Å². The van der Waals surface area contributed by atoms with Crippen LogP contribution in [-0.4, -0.2) is 9.52 Å². The van der Waals surface area contributed by atoms with Crippen LogP contribution in [0.3, 0.4) is 0 Å². The molecule has 0 nitrogen and oxygen atoms in total. The zero-order chi connectivity index (χ0) is 5.98. The molecule has 1 heterocycles. The summed E-state index contributed by atoms with van der Waals surface area (Å²) in [5.41, 5.74) is 2.47. The Kier molecular flexibility index (Phi) is 2.12. The Bertz CT molecular complexity index is 56.8. The zero-order valence-electron chi connectivity index (χ0n) is 5.98. The fraction of sp³-hybridized carbons (Fsp3) is 1.00. The van der Waals surface area contributed by atoms with E-state index in [2.05, 4.69) is 13.8 Å². The van der Waals surface area contributed by atoms with Crippen molar-refractivity contribution in [1.29, 1.82) is 0 Å². The van der Waals surface area contributed by atoms with E-state index in [0.29, 0.717) is 9.52 Å². The van der Waals surface area contributed by atoms with Crippen LogP contribution in [0.5, 0.6) is 0 Å². The van der Waals surface area contributed by atoms with Crippen molar-refractivity contribution >= 4 is 9.52 Å². The summed E-state index contributed by atoms with van der Waals surface area (Å²) in [7, 11) is 0.433. The van der Waals surface area contributed by atoms with Crippen molar-refractivity contribution in [2.45, 2.75) is 44.2 Å². The Hall–Kier alpha value is 0.217. The van der Waals surface area contributed by atoms with E-state index in [9.17, 15) is 0 Å². The quantitative estimate of drug-likeness (QED) is 0.499. The molecule has 48 valence electrons. The summed E-state index contributed by atoms with van der Waals surface area (Å²) in [6.07, 6.45) is 4.53. The topological polar surface area (TPSA) is 0 Å². The lowest BCUT2D eigenvalue weighted by Crippen LogP contribution is -2.22. The van der Waals surface area contributed by atoms with Crippen molar-refractivity contribution in [3.8, 4) is 0 Å². The largest absolute Gasteiger partial charge is 0.0654 e. The second-order valence-electron chi connectivity index (χ2n) is 3.02. The Morgan fingerprint density at radius 2 is 1.62 bits per heavy atom. The van der Waals surface area contributed by atoms with Gasteiger partial charge in [0.25, 0.3) is 0 Å². The van der Waals surface area contributed by atoms with Crippen molar-refractivity contribution in [2.24, 2.45) is 0 Å². The highest BCUT2D eigenvalue weighted by molar-refractivity contribution is 6.43. The fourth-order valence-corrected chi connectivity index (χ4v) is 3.72. The normalized spacial score (nSPS) is 39.8. The Morgan fingerprint density at radius 1 is 1.25 bits per heavy atom. The maximum absolute atomic E-state index is 2.34. The van der Waals surface area contributed by atoms with Crippen molar-refractivity contribution < 1.29 is 0 Å². The summed E-state index contributed by atoms with van der Waals surface area (Å²) in [5.74, 6) is 0. The molecule has 2 unspecified atom stereocenters. The van der Waals surface area contributed by atoms with Crippen LogP contribution in [0.15, 0.2) is 0 Å². The van der Waals surface area contributed by atoms with E-state index in [1.54, 1.807) is 6.42 Å². The smallest absolute Gasteiger partial charge is 0.0264 e. The average Bonchev–Trinajstić information content (AvgIpc) is 1.65. The lowest BCUT2D eigenvalue weighted by atomic mass is 10.1. The van der Waals surface area contributed by atoms with Gasteiger partial charge in [-0.25, -0.2) is 0 Å². The molecule has 0 aromatic carbocycles. The molecule has 1 saturated heterocycles. The van der Waals surface area contributed by atoms with Crippen LogP contribution in [0.2, 0.25) is 11.1 Å².